The molecule has 1 saturated heterocycles. The van der Waals surface area contributed by atoms with E-state index in [1.54, 1.807) is 23.1 Å². The highest BCUT2D eigenvalue weighted by atomic mass is 19.1. The van der Waals surface area contributed by atoms with Crippen molar-refractivity contribution in [1.82, 2.24) is 4.90 Å². The highest BCUT2D eigenvalue weighted by Crippen LogP contribution is 2.35. The fraction of sp³-hybridized carbons (Fsp3) is 0.381. The molecule has 0 aromatic heterocycles. The van der Waals surface area contributed by atoms with Crippen molar-refractivity contribution < 1.29 is 14.1 Å². The first kappa shape index (κ1) is 20.6. The predicted molar refractivity (Wildman–Crippen MR) is 111 cm³/mol. The molecule has 1 aliphatic rings. The van der Waals surface area contributed by atoms with Crippen LogP contribution in [-0.2, 0) is 0 Å². The van der Waals surface area contributed by atoms with Crippen LogP contribution in [0.2, 0.25) is 0 Å². The van der Waals surface area contributed by atoms with Crippen molar-refractivity contribution in [2.75, 3.05) is 49.1 Å². The van der Waals surface area contributed by atoms with Gasteiger partial charge in [-0.05, 0) is 32.0 Å². The minimum absolute atomic E-state index is 0.0531. The highest BCUT2D eigenvalue weighted by molar-refractivity contribution is 5.94. The third kappa shape index (κ3) is 4.31. The second-order valence-corrected chi connectivity index (χ2v) is 6.87. The standard InChI is InChI=1S/C21H25FN4O3/c1-3-23(4-2)18-15-19(20(26(28)29)14-17(18)22)24-10-12-25(13-11-24)21(27)16-8-6-5-7-9-16/h5-9,14-15H,3-4,10-13H2,1-2H3. The second kappa shape index (κ2) is 8.89. The maximum atomic E-state index is 14.5. The third-order valence-electron chi connectivity index (χ3n) is 5.27. The number of amides is 1. The Bertz CT molecular complexity index is 879. The van der Waals surface area contributed by atoms with E-state index < -0.39 is 10.7 Å². The molecular formula is C21H25FN4O3. The van der Waals surface area contributed by atoms with Crippen LogP contribution < -0.4 is 9.80 Å². The van der Waals surface area contributed by atoms with E-state index in [4.69, 9.17) is 0 Å². The molecule has 7 nitrogen and oxygen atoms in total. The van der Waals surface area contributed by atoms with Gasteiger partial charge < -0.3 is 14.7 Å². The average molecular weight is 400 g/mol. The summed E-state index contributed by atoms with van der Waals surface area (Å²) in [6, 6.07) is 11.6. The van der Waals surface area contributed by atoms with Gasteiger partial charge in [-0.25, -0.2) is 4.39 Å². The first-order valence-corrected chi connectivity index (χ1v) is 9.78. The summed E-state index contributed by atoms with van der Waals surface area (Å²) in [5.41, 5.74) is 1.13. The Morgan fingerprint density at radius 1 is 1.10 bits per heavy atom. The van der Waals surface area contributed by atoms with Crippen molar-refractivity contribution in [3.8, 4) is 0 Å². The Labute approximate surface area is 169 Å². The zero-order chi connectivity index (χ0) is 21.0. The maximum absolute atomic E-state index is 14.5. The fourth-order valence-electron chi connectivity index (χ4n) is 3.66. The normalized spacial score (nSPS) is 14.0. The largest absolute Gasteiger partial charge is 0.370 e. The number of benzene rings is 2. The van der Waals surface area contributed by atoms with E-state index in [0.29, 0.717) is 56.2 Å². The lowest BCUT2D eigenvalue weighted by Gasteiger charge is -2.36. The van der Waals surface area contributed by atoms with Crippen molar-refractivity contribution in [2.45, 2.75) is 13.8 Å². The Kier molecular flexibility index (Phi) is 6.31. The molecule has 0 N–H and O–H groups in total. The quantitative estimate of drug-likeness (QED) is 0.548. The van der Waals surface area contributed by atoms with E-state index in [1.807, 2.05) is 41.8 Å². The highest BCUT2D eigenvalue weighted by Gasteiger charge is 2.28. The molecule has 0 spiro atoms. The number of halogens is 1. The molecule has 2 aromatic rings. The smallest absolute Gasteiger partial charge is 0.295 e. The molecule has 1 aliphatic heterocycles. The minimum atomic E-state index is -0.595. The lowest BCUT2D eigenvalue weighted by atomic mass is 10.1. The summed E-state index contributed by atoms with van der Waals surface area (Å²) in [5, 5.41) is 11.5. The Balaban J connectivity index is 1.83. The molecule has 1 amide bonds. The summed E-state index contributed by atoms with van der Waals surface area (Å²) in [5.74, 6) is -0.648. The van der Waals surface area contributed by atoms with Crippen molar-refractivity contribution in [3.63, 3.8) is 0 Å². The van der Waals surface area contributed by atoms with Crippen LogP contribution in [-0.4, -0.2) is 55.0 Å². The van der Waals surface area contributed by atoms with Crippen LogP contribution in [0, 0.1) is 15.9 Å². The Morgan fingerprint density at radius 2 is 1.72 bits per heavy atom. The van der Waals surface area contributed by atoms with Crippen molar-refractivity contribution in [1.29, 1.82) is 0 Å². The number of hydrogen-bond acceptors (Lipinski definition) is 5. The van der Waals surface area contributed by atoms with Crippen molar-refractivity contribution >= 4 is 23.0 Å². The third-order valence-corrected chi connectivity index (χ3v) is 5.27. The molecule has 0 aliphatic carbocycles. The van der Waals surface area contributed by atoms with Crippen molar-refractivity contribution in [3.05, 3.63) is 64.0 Å². The SMILES string of the molecule is CCN(CC)c1cc(N2CCN(C(=O)c3ccccc3)CC2)c([N+](=O)[O-])cc1F. The maximum Gasteiger partial charge on any atom is 0.295 e. The van der Waals surface area contributed by atoms with Crippen LogP contribution in [0.25, 0.3) is 0 Å². The number of nitrogens with zero attached hydrogens (tertiary/aromatic N) is 4. The molecule has 0 atom stereocenters. The molecule has 2 aromatic carbocycles. The summed E-state index contributed by atoms with van der Waals surface area (Å²) in [6.45, 7) is 6.82. The summed E-state index contributed by atoms with van der Waals surface area (Å²) < 4.78 is 14.5. The van der Waals surface area contributed by atoms with Crippen LogP contribution in [0.5, 0.6) is 0 Å². The molecule has 0 radical (unpaired) electrons. The first-order chi connectivity index (χ1) is 14.0. The number of nitro benzene ring substituents is 1. The molecule has 29 heavy (non-hydrogen) atoms. The number of hydrogen-bond donors (Lipinski definition) is 0. The van der Waals surface area contributed by atoms with Crippen LogP contribution in [0.3, 0.4) is 0 Å². The monoisotopic (exact) mass is 400 g/mol. The molecule has 154 valence electrons. The van der Waals surface area contributed by atoms with Crippen LogP contribution in [0.4, 0.5) is 21.5 Å². The molecule has 3 rings (SSSR count). The number of carbonyl (C=O) groups is 1. The van der Waals surface area contributed by atoms with Gasteiger partial charge in [0.1, 0.15) is 5.69 Å². The van der Waals surface area contributed by atoms with Gasteiger partial charge in [-0.1, -0.05) is 18.2 Å². The van der Waals surface area contributed by atoms with E-state index in [2.05, 4.69) is 0 Å². The second-order valence-electron chi connectivity index (χ2n) is 6.87. The van der Waals surface area contributed by atoms with Crippen LogP contribution >= 0.6 is 0 Å². The molecule has 0 saturated carbocycles. The fourth-order valence-corrected chi connectivity index (χ4v) is 3.66. The van der Waals surface area contributed by atoms with Crippen LogP contribution in [0.15, 0.2) is 42.5 Å². The van der Waals surface area contributed by atoms with Gasteiger partial charge in [0.25, 0.3) is 11.6 Å². The summed E-state index contributed by atoms with van der Waals surface area (Å²) in [7, 11) is 0. The van der Waals surface area contributed by atoms with Gasteiger partial charge in [0.15, 0.2) is 5.82 Å². The summed E-state index contributed by atoms with van der Waals surface area (Å²) in [4.78, 5) is 29.0. The molecule has 8 heteroatoms. The number of carbonyl (C=O) groups excluding carboxylic acids is 1. The topological polar surface area (TPSA) is 69.9 Å². The average Bonchev–Trinajstić information content (AvgIpc) is 2.75. The summed E-state index contributed by atoms with van der Waals surface area (Å²) >= 11 is 0. The van der Waals surface area contributed by atoms with Gasteiger partial charge in [0, 0.05) is 44.8 Å². The van der Waals surface area contributed by atoms with Gasteiger partial charge >= 0.3 is 0 Å². The van der Waals surface area contributed by atoms with E-state index in [-0.39, 0.29) is 11.6 Å². The molecule has 0 bridgehead atoms. The number of anilines is 2. The molecule has 1 fully saturated rings. The first-order valence-electron chi connectivity index (χ1n) is 9.78. The lowest BCUT2D eigenvalue weighted by molar-refractivity contribution is -0.384. The van der Waals surface area contributed by atoms with E-state index in [1.165, 1.54) is 0 Å². The number of nitro groups is 1. The van der Waals surface area contributed by atoms with Crippen molar-refractivity contribution in [2.24, 2.45) is 0 Å². The Hall–Kier alpha value is -3.16. The molecule has 1 heterocycles. The lowest BCUT2D eigenvalue weighted by Crippen LogP contribution is -2.49. The van der Waals surface area contributed by atoms with E-state index in [0.717, 1.165) is 6.07 Å². The van der Waals surface area contributed by atoms with E-state index in [9.17, 15) is 19.3 Å². The zero-order valence-electron chi connectivity index (χ0n) is 16.7. The van der Waals surface area contributed by atoms with Crippen LogP contribution in [0.1, 0.15) is 24.2 Å². The summed E-state index contributed by atoms with van der Waals surface area (Å²) in [6.07, 6.45) is 0. The molecular weight excluding hydrogens is 375 g/mol. The zero-order valence-corrected chi connectivity index (χ0v) is 16.7. The van der Waals surface area contributed by atoms with Gasteiger partial charge in [-0.15, -0.1) is 0 Å². The minimum Gasteiger partial charge on any atom is -0.370 e. The van der Waals surface area contributed by atoms with Gasteiger partial charge in [0.05, 0.1) is 16.7 Å². The number of piperazine rings is 1. The van der Waals surface area contributed by atoms with Gasteiger partial charge in [-0.2, -0.15) is 0 Å². The van der Waals surface area contributed by atoms with Gasteiger partial charge in [0.2, 0.25) is 0 Å². The number of rotatable bonds is 6. The Morgan fingerprint density at radius 3 is 2.28 bits per heavy atom. The van der Waals surface area contributed by atoms with Gasteiger partial charge in [-0.3, -0.25) is 14.9 Å². The van der Waals surface area contributed by atoms with E-state index >= 15 is 0 Å². The molecule has 0 unspecified atom stereocenters. The predicted octanol–water partition coefficient (Wildman–Crippen LogP) is 3.54.